The Morgan fingerprint density at radius 2 is 1.87 bits per heavy atom. The molecule has 1 unspecified atom stereocenters. The number of piperazine rings is 1. The molecule has 2 aliphatic heterocycles. The first-order valence-corrected chi connectivity index (χ1v) is 14.4. The molecule has 1 aromatic carbocycles. The van der Waals surface area contributed by atoms with Gasteiger partial charge in [0.1, 0.15) is 11.5 Å². The summed E-state index contributed by atoms with van der Waals surface area (Å²) in [6.07, 6.45) is 5.02. The van der Waals surface area contributed by atoms with Crippen molar-refractivity contribution in [2.24, 2.45) is 0 Å². The summed E-state index contributed by atoms with van der Waals surface area (Å²) < 4.78 is 5.65. The van der Waals surface area contributed by atoms with Gasteiger partial charge in [-0.1, -0.05) is 35.8 Å². The molecule has 0 saturated carbocycles. The van der Waals surface area contributed by atoms with Crippen LogP contribution in [0.25, 0.3) is 11.6 Å². The highest BCUT2D eigenvalue weighted by Crippen LogP contribution is 2.30. The molecule has 210 valence electrons. The van der Waals surface area contributed by atoms with Gasteiger partial charge in [-0.2, -0.15) is 0 Å². The Bertz CT molecular complexity index is 1210. The van der Waals surface area contributed by atoms with Gasteiger partial charge >= 0.3 is 6.01 Å². The first kappa shape index (κ1) is 27.8. The molecule has 2 aromatic heterocycles. The molecule has 0 bridgehead atoms. The van der Waals surface area contributed by atoms with Crippen molar-refractivity contribution in [3.05, 3.63) is 46.7 Å². The van der Waals surface area contributed by atoms with Crippen LogP contribution in [0.4, 0.5) is 11.8 Å². The number of likely N-dealkylation sites (tertiary alicyclic amines) is 1. The van der Waals surface area contributed by atoms with Gasteiger partial charge in [0.2, 0.25) is 0 Å². The van der Waals surface area contributed by atoms with Gasteiger partial charge in [-0.15, -0.1) is 5.10 Å². The molecule has 2 atom stereocenters. The molecule has 3 aromatic rings. The van der Waals surface area contributed by atoms with Gasteiger partial charge in [0, 0.05) is 56.4 Å². The molecule has 0 aliphatic carbocycles. The zero-order chi connectivity index (χ0) is 27.4. The van der Waals surface area contributed by atoms with Gasteiger partial charge in [-0.3, -0.25) is 9.80 Å². The van der Waals surface area contributed by atoms with Crippen LogP contribution in [0.5, 0.6) is 0 Å². The molecule has 0 amide bonds. The van der Waals surface area contributed by atoms with E-state index in [1.54, 1.807) is 6.20 Å². The van der Waals surface area contributed by atoms with E-state index in [2.05, 4.69) is 37.1 Å². The standard InChI is InChI=1S/C28H39ClN8O2/c1-4-22-17-36(26-19(3)32-24(16-31-26)27-33-34-28(39-27)30-5-2)14-15-37(22)23-10-12-35(13-11-23)25(18-38)20-6-8-21(29)9-7-20/h6-9,16,22-23,25,38H,4-5,10-15,17-18H2,1-3H3,(H,30,34)/t22-,25?/m0/s1. The Hall–Kier alpha value is -2.79. The van der Waals surface area contributed by atoms with E-state index in [0.29, 0.717) is 36.2 Å². The predicted octanol–water partition coefficient (Wildman–Crippen LogP) is 4.02. The SMILES string of the molecule is CCNc1nnc(-c2cnc(N3CCN(C4CCN(C(CO)c5ccc(Cl)cc5)CC4)[C@@H](CC)C3)c(C)n2)o1. The van der Waals surface area contributed by atoms with Crippen molar-refractivity contribution >= 4 is 23.4 Å². The third kappa shape index (κ3) is 6.19. The average Bonchev–Trinajstić information content (AvgIpc) is 3.43. The lowest BCUT2D eigenvalue weighted by Crippen LogP contribution is -2.58. The second kappa shape index (κ2) is 12.6. The zero-order valence-electron chi connectivity index (χ0n) is 23.1. The number of halogens is 1. The van der Waals surface area contributed by atoms with Gasteiger partial charge in [0.25, 0.3) is 5.89 Å². The molecule has 4 heterocycles. The van der Waals surface area contributed by atoms with Crippen molar-refractivity contribution in [3.63, 3.8) is 0 Å². The smallest absolute Gasteiger partial charge is 0.315 e. The molecule has 2 aliphatic rings. The van der Waals surface area contributed by atoms with Gasteiger partial charge < -0.3 is 19.7 Å². The van der Waals surface area contributed by atoms with Crippen LogP contribution in [0.2, 0.25) is 5.02 Å². The third-order valence-corrected chi connectivity index (χ3v) is 8.28. The maximum atomic E-state index is 10.1. The Labute approximate surface area is 235 Å². The minimum atomic E-state index is 0.0215. The van der Waals surface area contributed by atoms with E-state index in [1.165, 1.54) is 0 Å². The summed E-state index contributed by atoms with van der Waals surface area (Å²) in [5.74, 6) is 1.29. The van der Waals surface area contributed by atoms with Crippen LogP contribution >= 0.6 is 11.6 Å². The topological polar surface area (TPSA) is 107 Å². The summed E-state index contributed by atoms with van der Waals surface area (Å²) in [5, 5.41) is 22.0. The summed E-state index contributed by atoms with van der Waals surface area (Å²) >= 11 is 6.08. The van der Waals surface area contributed by atoms with Crippen LogP contribution < -0.4 is 10.2 Å². The van der Waals surface area contributed by atoms with Crippen LogP contribution in [0.3, 0.4) is 0 Å². The number of benzene rings is 1. The van der Waals surface area contributed by atoms with Crippen LogP contribution in [0.1, 0.15) is 50.4 Å². The summed E-state index contributed by atoms with van der Waals surface area (Å²) in [5.41, 5.74) is 2.58. The fraction of sp³-hybridized carbons (Fsp3) is 0.571. The lowest BCUT2D eigenvalue weighted by Gasteiger charge is -2.48. The number of hydrogen-bond acceptors (Lipinski definition) is 10. The number of aromatic nitrogens is 4. The quantitative estimate of drug-likeness (QED) is 0.403. The highest BCUT2D eigenvalue weighted by Gasteiger charge is 2.35. The first-order valence-electron chi connectivity index (χ1n) is 14.0. The van der Waals surface area contributed by atoms with Gasteiger partial charge in [0.05, 0.1) is 24.5 Å². The first-order chi connectivity index (χ1) is 19.0. The number of hydrogen-bond donors (Lipinski definition) is 2. The number of nitrogens with zero attached hydrogens (tertiary/aromatic N) is 7. The number of aryl methyl sites for hydroxylation is 1. The van der Waals surface area contributed by atoms with Crippen molar-refractivity contribution in [3.8, 4) is 11.6 Å². The molecule has 11 heteroatoms. The van der Waals surface area contributed by atoms with Gasteiger partial charge in [-0.25, -0.2) is 9.97 Å². The Balaban J connectivity index is 1.20. The van der Waals surface area contributed by atoms with E-state index in [4.69, 9.17) is 26.0 Å². The molecule has 5 rings (SSSR count). The molecule has 2 N–H and O–H groups in total. The maximum Gasteiger partial charge on any atom is 0.315 e. The minimum absolute atomic E-state index is 0.0215. The predicted molar refractivity (Wildman–Crippen MR) is 153 cm³/mol. The molecule has 0 radical (unpaired) electrons. The van der Waals surface area contributed by atoms with Crippen molar-refractivity contribution in [2.45, 2.75) is 58.2 Å². The normalized spacial score (nSPS) is 20.3. The van der Waals surface area contributed by atoms with Gasteiger partial charge in [0.15, 0.2) is 0 Å². The van der Waals surface area contributed by atoms with E-state index in [-0.39, 0.29) is 12.6 Å². The van der Waals surface area contributed by atoms with Crippen molar-refractivity contribution < 1.29 is 9.52 Å². The van der Waals surface area contributed by atoms with Crippen LogP contribution in [0, 0.1) is 6.92 Å². The molecule has 10 nitrogen and oxygen atoms in total. The lowest BCUT2D eigenvalue weighted by atomic mass is 9.96. The van der Waals surface area contributed by atoms with E-state index >= 15 is 0 Å². The van der Waals surface area contributed by atoms with E-state index < -0.39 is 0 Å². The number of rotatable bonds is 9. The Morgan fingerprint density at radius 3 is 2.54 bits per heavy atom. The van der Waals surface area contributed by atoms with E-state index in [9.17, 15) is 5.11 Å². The Morgan fingerprint density at radius 1 is 1.10 bits per heavy atom. The van der Waals surface area contributed by atoms with Crippen molar-refractivity contribution in [1.29, 1.82) is 0 Å². The second-order valence-corrected chi connectivity index (χ2v) is 10.8. The molecule has 39 heavy (non-hydrogen) atoms. The van der Waals surface area contributed by atoms with Crippen LogP contribution in [0.15, 0.2) is 34.9 Å². The fourth-order valence-corrected chi connectivity index (χ4v) is 6.12. The van der Waals surface area contributed by atoms with Gasteiger partial charge in [-0.05, 0) is 50.8 Å². The van der Waals surface area contributed by atoms with E-state index in [0.717, 1.165) is 74.1 Å². The highest BCUT2D eigenvalue weighted by atomic mass is 35.5. The molecule has 2 fully saturated rings. The highest BCUT2D eigenvalue weighted by molar-refractivity contribution is 6.30. The summed E-state index contributed by atoms with van der Waals surface area (Å²) in [4.78, 5) is 17.0. The molecule has 0 spiro atoms. The number of piperidine rings is 1. The number of anilines is 2. The Kier molecular flexibility index (Phi) is 8.96. The zero-order valence-corrected chi connectivity index (χ0v) is 23.8. The number of aliphatic hydroxyl groups is 1. The number of aliphatic hydroxyl groups excluding tert-OH is 1. The third-order valence-electron chi connectivity index (χ3n) is 8.03. The lowest BCUT2D eigenvalue weighted by molar-refractivity contribution is 0.0356. The van der Waals surface area contributed by atoms with Crippen molar-refractivity contribution in [1.82, 2.24) is 30.0 Å². The van der Waals surface area contributed by atoms with Crippen LogP contribution in [-0.2, 0) is 0 Å². The molecular weight excluding hydrogens is 516 g/mol. The fourth-order valence-electron chi connectivity index (χ4n) is 5.99. The number of nitrogens with one attached hydrogen (secondary N) is 1. The maximum absolute atomic E-state index is 10.1. The average molecular weight is 555 g/mol. The summed E-state index contributed by atoms with van der Waals surface area (Å²) in [6.45, 7) is 11.9. The summed E-state index contributed by atoms with van der Waals surface area (Å²) in [7, 11) is 0. The molecule has 2 saturated heterocycles. The van der Waals surface area contributed by atoms with Crippen LogP contribution in [-0.4, -0.2) is 93.0 Å². The summed E-state index contributed by atoms with van der Waals surface area (Å²) in [6, 6.07) is 9.29. The van der Waals surface area contributed by atoms with Crippen molar-refractivity contribution in [2.75, 3.05) is 56.1 Å². The molecular formula is C28H39ClN8O2. The minimum Gasteiger partial charge on any atom is -0.402 e. The van der Waals surface area contributed by atoms with E-state index in [1.807, 2.05) is 38.1 Å². The largest absolute Gasteiger partial charge is 0.402 e. The second-order valence-electron chi connectivity index (χ2n) is 10.4. The monoisotopic (exact) mass is 554 g/mol.